The highest BCUT2D eigenvalue weighted by molar-refractivity contribution is 6.31. The third-order valence-corrected chi connectivity index (χ3v) is 13.8. The summed E-state index contributed by atoms with van der Waals surface area (Å²) in [6.07, 6.45) is 3.87. The number of carboxylic acids is 1. The molecule has 0 unspecified atom stereocenters. The Balaban J connectivity index is 0.900. The number of hydrazine groups is 1. The first-order valence-corrected chi connectivity index (χ1v) is 21.6. The Morgan fingerprint density at radius 1 is 0.984 bits per heavy atom. The van der Waals surface area contributed by atoms with Gasteiger partial charge in [0, 0.05) is 60.5 Å². The van der Waals surface area contributed by atoms with Crippen molar-refractivity contribution in [1.29, 1.82) is 5.26 Å². The summed E-state index contributed by atoms with van der Waals surface area (Å²) in [5.74, 6) is -1.67. The van der Waals surface area contributed by atoms with Crippen molar-refractivity contribution in [1.82, 2.24) is 50.6 Å². The van der Waals surface area contributed by atoms with E-state index in [1.54, 1.807) is 59.3 Å². The van der Waals surface area contributed by atoms with Gasteiger partial charge in [0.25, 0.3) is 17.4 Å². The molecule has 3 N–H and O–H groups in total. The van der Waals surface area contributed by atoms with E-state index in [9.17, 15) is 34.3 Å². The maximum Gasteiger partial charge on any atom is 0.326 e. The number of carboxylic acid groups (broad SMARTS) is 1. The van der Waals surface area contributed by atoms with E-state index < -0.39 is 46.3 Å². The summed E-state index contributed by atoms with van der Waals surface area (Å²) in [7, 11) is 0. The van der Waals surface area contributed by atoms with E-state index >= 15 is 0 Å². The minimum Gasteiger partial charge on any atom is -0.489 e. The van der Waals surface area contributed by atoms with Crippen LogP contribution in [0.25, 0.3) is 16.6 Å². The molecule has 1 saturated carbocycles. The number of aromatic nitrogens is 6. The summed E-state index contributed by atoms with van der Waals surface area (Å²) in [6.45, 7) is 9.54. The van der Waals surface area contributed by atoms with Gasteiger partial charge in [0.2, 0.25) is 5.91 Å². The Morgan fingerprint density at radius 3 is 2.39 bits per heavy atom. The number of benzene rings is 3. The van der Waals surface area contributed by atoms with E-state index in [1.165, 1.54) is 6.07 Å². The summed E-state index contributed by atoms with van der Waals surface area (Å²) < 4.78 is 8.97. The zero-order chi connectivity index (χ0) is 45.2. The van der Waals surface area contributed by atoms with Crippen molar-refractivity contribution in [3.63, 3.8) is 0 Å². The maximum absolute atomic E-state index is 13.7. The first kappa shape index (κ1) is 42.7. The molecule has 5 aromatic rings. The topological polar surface area (TPSA) is 231 Å². The largest absolute Gasteiger partial charge is 0.489 e. The number of halogens is 1. The quantitative estimate of drug-likeness (QED) is 0.158. The molecule has 3 aromatic carbocycles. The number of carbonyl (C=O) groups is 4. The van der Waals surface area contributed by atoms with Crippen LogP contribution < -0.4 is 20.9 Å². The molecule has 2 aromatic heterocycles. The van der Waals surface area contributed by atoms with E-state index in [4.69, 9.17) is 16.3 Å². The van der Waals surface area contributed by atoms with E-state index in [1.807, 2.05) is 38.9 Å². The fourth-order valence-corrected chi connectivity index (χ4v) is 10.8. The van der Waals surface area contributed by atoms with E-state index in [2.05, 4.69) is 42.3 Å². The Bertz CT molecular complexity index is 2790. The van der Waals surface area contributed by atoms with Crippen molar-refractivity contribution in [2.24, 2.45) is 16.7 Å². The Hall–Kier alpha value is -6.55. The van der Waals surface area contributed by atoms with Crippen LogP contribution in [0.1, 0.15) is 92.6 Å². The molecule has 1 aliphatic carbocycles. The molecule has 4 saturated heterocycles. The number of nitrogens with zero attached hydrogens (tertiary/aromatic N) is 9. The molecular weight excluding hydrogens is 842 g/mol. The van der Waals surface area contributed by atoms with Gasteiger partial charge in [0.05, 0.1) is 33.6 Å². The maximum atomic E-state index is 13.7. The minimum absolute atomic E-state index is 0.0486. The molecule has 10 rings (SSSR count). The third-order valence-electron chi connectivity index (χ3n) is 13.5. The predicted molar refractivity (Wildman–Crippen MR) is 230 cm³/mol. The van der Waals surface area contributed by atoms with E-state index in [-0.39, 0.29) is 53.8 Å². The number of ether oxygens (including phenoxy) is 1. The SMILES string of the molecule is CC1(C)C(NC(=O)c2ccc(-n3cc(C[C@@H]4C5CCN(CC5)N4[C@@H](C(=O)O)c4ccc5nnn([C@@H]6CCC(=O)NC6=O)c(=O)c5c4)nn3)cc2)C(C)(C)C1Oc1ccc(C#N)c(Cl)c1. The van der Waals surface area contributed by atoms with E-state index in [0.29, 0.717) is 58.4 Å². The monoisotopic (exact) mass is 887 g/mol. The van der Waals surface area contributed by atoms with Crippen LogP contribution in [0.2, 0.25) is 5.02 Å². The zero-order valence-electron chi connectivity index (χ0n) is 35.6. The fraction of sp³-hybridized carbons (Fsp3) is 0.422. The highest BCUT2D eigenvalue weighted by atomic mass is 35.5. The van der Waals surface area contributed by atoms with Gasteiger partial charge in [-0.3, -0.25) is 29.3 Å². The number of amides is 3. The van der Waals surface area contributed by atoms with E-state index in [0.717, 1.165) is 17.5 Å². The number of nitrogens with one attached hydrogen (secondary N) is 2. The molecule has 6 heterocycles. The van der Waals surface area contributed by atoms with Crippen molar-refractivity contribution in [3.8, 4) is 17.5 Å². The molecule has 5 aliphatic rings. The lowest BCUT2D eigenvalue weighted by molar-refractivity contribution is -0.193. The number of carbonyl (C=O) groups excluding carboxylic acids is 3. The number of hydrogen-bond acceptors (Lipinski definition) is 13. The fourth-order valence-electron chi connectivity index (χ4n) is 10.6. The molecule has 3 amide bonds. The van der Waals surface area contributed by atoms with Crippen LogP contribution in [-0.4, -0.2) is 100 Å². The molecule has 4 aliphatic heterocycles. The highest BCUT2D eigenvalue weighted by Gasteiger charge is 2.64. The molecule has 330 valence electrons. The zero-order valence-corrected chi connectivity index (χ0v) is 36.3. The lowest BCUT2D eigenvalue weighted by Crippen LogP contribution is -2.74. The molecule has 3 atom stereocenters. The first-order chi connectivity index (χ1) is 30.5. The van der Waals surface area contributed by atoms with Gasteiger partial charge in [0.1, 0.15) is 35.5 Å². The molecular formula is C45H46ClN11O7. The average Bonchev–Trinajstić information content (AvgIpc) is 3.74. The predicted octanol–water partition coefficient (Wildman–Crippen LogP) is 4.17. The number of piperidine rings is 2. The number of imide groups is 1. The Morgan fingerprint density at radius 2 is 1.72 bits per heavy atom. The second-order valence-electron chi connectivity index (χ2n) is 18.3. The van der Waals surface area contributed by atoms with Gasteiger partial charge < -0.3 is 15.2 Å². The van der Waals surface area contributed by atoms with Crippen molar-refractivity contribution in [3.05, 3.63) is 105 Å². The van der Waals surface area contributed by atoms with Gasteiger partial charge in [-0.15, -0.1) is 10.2 Å². The summed E-state index contributed by atoms with van der Waals surface area (Å²) in [6, 6.07) is 16.2. The molecule has 2 bridgehead atoms. The van der Waals surface area contributed by atoms with Crippen LogP contribution in [0, 0.1) is 28.1 Å². The Labute approximate surface area is 372 Å². The first-order valence-electron chi connectivity index (χ1n) is 21.2. The summed E-state index contributed by atoms with van der Waals surface area (Å²) in [5.41, 5.74) is 1.34. The van der Waals surface area contributed by atoms with Crippen molar-refractivity contribution in [2.75, 3.05) is 13.1 Å². The van der Waals surface area contributed by atoms with Crippen molar-refractivity contribution >= 4 is 46.2 Å². The van der Waals surface area contributed by atoms with Crippen LogP contribution in [0.15, 0.2) is 71.7 Å². The lowest BCUT2D eigenvalue weighted by Gasteiger charge is -2.63. The highest BCUT2D eigenvalue weighted by Crippen LogP contribution is 2.55. The summed E-state index contributed by atoms with van der Waals surface area (Å²) >= 11 is 6.26. The standard InChI is InChI=1S/C45H46ClN11O7/c1-44(2)42(45(3,4)43(44)64-30-11-7-27(22-47)32(46)21-30)49-38(59)25-5-9-29(10-6-25)55-23-28(50-52-55)20-35-24-15-17-54(18-16-24)57(35)37(41(62)63)26-8-12-33-31(19-26)40(61)56(53-51-33)34-13-14-36(58)48-39(34)60/h5-12,19,21,23-24,34-35,37,42-43H,13-18,20H2,1-4H3,(H,49,59)(H,62,63)(H,48,58,60)/t34-,35-,37-,42?,43?/m1/s1. The number of nitriles is 1. The molecule has 18 nitrogen and oxygen atoms in total. The van der Waals surface area contributed by atoms with Crippen LogP contribution in [-0.2, 0) is 20.8 Å². The number of rotatable bonds is 11. The average molecular weight is 888 g/mol. The minimum atomic E-state index is -1.15. The number of aliphatic carboxylic acids is 1. The third kappa shape index (κ3) is 7.46. The van der Waals surface area contributed by atoms with Gasteiger partial charge in [0.15, 0.2) is 0 Å². The molecule has 5 fully saturated rings. The molecule has 0 radical (unpaired) electrons. The summed E-state index contributed by atoms with van der Waals surface area (Å²) in [4.78, 5) is 65.0. The second kappa shape index (κ2) is 16.2. The molecule has 19 heteroatoms. The van der Waals surface area contributed by atoms with Gasteiger partial charge in [-0.25, -0.2) is 14.7 Å². The second-order valence-corrected chi connectivity index (χ2v) is 18.7. The van der Waals surface area contributed by atoms with Crippen LogP contribution in [0.5, 0.6) is 5.75 Å². The van der Waals surface area contributed by atoms with Gasteiger partial charge in [-0.2, -0.15) is 9.94 Å². The van der Waals surface area contributed by atoms with Gasteiger partial charge in [-0.1, -0.05) is 55.8 Å². The van der Waals surface area contributed by atoms with Crippen LogP contribution in [0.3, 0.4) is 0 Å². The van der Waals surface area contributed by atoms with Crippen molar-refractivity contribution in [2.45, 2.75) is 90.1 Å². The summed E-state index contributed by atoms with van der Waals surface area (Å²) in [5, 5.41) is 47.0. The molecule has 64 heavy (non-hydrogen) atoms. The van der Waals surface area contributed by atoms with Crippen LogP contribution in [0.4, 0.5) is 0 Å². The Kier molecular flexibility index (Phi) is 10.8. The normalized spacial score (nSPS) is 25.2. The van der Waals surface area contributed by atoms with Gasteiger partial charge in [-0.05, 0) is 79.3 Å². The van der Waals surface area contributed by atoms with Crippen molar-refractivity contribution < 1.29 is 29.0 Å². The molecule has 0 spiro atoms. The van der Waals surface area contributed by atoms with Crippen LogP contribution >= 0.6 is 11.6 Å². The smallest absolute Gasteiger partial charge is 0.326 e. The van der Waals surface area contributed by atoms with Gasteiger partial charge >= 0.3 is 5.97 Å². The number of fused-ring (bicyclic) bond motifs is 4. The lowest BCUT2D eigenvalue weighted by atomic mass is 9.49. The number of hydrogen-bond donors (Lipinski definition) is 3.